The van der Waals surface area contributed by atoms with Gasteiger partial charge in [-0.05, 0) is 36.1 Å². The number of hydrogen-bond acceptors (Lipinski definition) is 5. The molecule has 22 heavy (non-hydrogen) atoms. The number of methoxy groups -OCH3 is 1. The minimum Gasteiger partial charge on any atom is -0.493 e. The Morgan fingerprint density at radius 1 is 1.36 bits per heavy atom. The predicted molar refractivity (Wildman–Crippen MR) is 82.9 cm³/mol. The van der Waals surface area contributed by atoms with E-state index < -0.39 is 11.8 Å². The highest BCUT2D eigenvalue weighted by Gasteiger charge is 2.07. The number of ether oxygens (including phenoxy) is 2. The number of amides is 2. The highest BCUT2D eigenvalue weighted by atomic mass is 16.5. The molecule has 1 rings (SSSR count). The highest BCUT2D eigenvalue weighted by molar-refractivity contribution is 6.34. The fourth-order valence-electron chi connectivity index (χ4n) is 1.51. The first kappa shape index (κ1) is 17.5. The molecule has 120 valence electrons. The Balaban J connectivity index is 2.69. The molecule has 0 atom stereocenters. The van der Waals surface area contributed by atoms with Crippen LogP contribution in [-0.4, -0.2) is 31.7 Å². The zero-order chi connectivity index (χ0) is 16.5. The van der Waals surface area contributed by atoms with Crippen molar-refractivity contribution in [3.8, 4) is 11.5 Å². The lowest BCUT2D eigenvalue weighted by Gasteiger charge is -2.12. The Kier molecular flexibility index (Phi) is 6.88. The molecule has 7 nitrogen and oxygen atoms in total. The van der Waals surface area contributed by atoms with Crippen molar-refractivity contribution >= 4 is 18.0 Å². The van der Waals surface area contributed by atoms with Crippen molar-refractivity contribution in [3.63, 3.8) is 0 Å². The fraction of sp³-hybridized carbons (Fsp3) is 0.400. The van der Waals surface area contributed by atoms with Gasteiger partial charge in [-0.2, -0.15) is 5.10 Å². The van der Waals surface area contributed by atoms with Gasteiger partial charge in [0, 0.05) is 0 Å². The Morgan fingerprint density at radius 2 is 2.09 bits per heavy atom. The summed E-state index contributed by atoms with van der Waals surface area (Å²) in [6.45, 7) is 4.86. The van der Waals surface area contributed by atoms with E-state index in [1.807, 2.05) is 5.43 Å². The van der Waals surface area contributed by atoms with E-state index in [0.29, 0.717) is 29.6 Å². The lowest BCUT2D eigenvalue weighted by Crippen LogP contribution is -2.32. The molecular formula is C15H21N3O4. The van der Waals surface area contributed by atoms with E-state index in [0.717, 1.165) is 6.42 Å². The van der Waals surface area contributed by atoms with E-state index in [1.165, 1.54) is 6.21 Å². The number of carbonyl (C=O) groups excluding carboxylic acids is 2. The average Bonchev–Trinajstić information content (AvgIpc) is 2.47. The molecule has 0 saturated carbocycles. The topological polar surface area (TPSA) is 103 Å². The van der Waals surface area contributed by atoms with Crippen molar-refractivity contribution in [2.75, 3.05) is 13.7 Å². The first-order valence-electron chi connectivity index (χ1n) is 6.87. The van der Waals surface area contributed by atoms with E-state index in [4.69, 9.17) is 15.2 Å². The number of rotatable bonds is 7. The van der Waals surface area contributed by atoms with Gasteiger partial charge in [0.15, 0.2) is 11.5 Å². The van der Waals surface area contributed by atoms with Crippen LogP contribution in [0.15, 0.2) is 23.3 Å². The van der Waals surface area contributed by atoms with Gasteiger partial charge in [-0.15, -0.1) is 0 Å². The molecule has 0 radical (unpaired) electrons. The fourth-order valence-corrected chi connectivity index (χ4v) is 1.51. The van der Waals surface area contributed by atoms with Crippen molar-refractivity contribution in [1.29, 1.82) is 0 Å². The quantitative estimate of drug-likeness (QED) is 0.446. The Hall–Kier alpha value is -2.57. The molecule has 0 unspecified atom stereocenters. The maximum Gasteiger partial charge on any atom is 0.329 e. The Labute approximate surface area is 129 Å². The molecule has 0 fully saturated rings. The smallest absolute Gasteiger partial charge is 0.329 e. The third-order valence-electron chi connectivity index (χ3n) is 2.74. The van der Waals surface area contributed by atoms with Crippen LogP contribution in [0.2, 0.25) is 0 Å². The van der Waals surface area contributed by atoms with Crippen LogP contribution in [0.3, 0.4) is 0 Å². The minimum atomic E-state index is -1.09. The van der Waals surface area contributed by atoms with Gasteiger partial charge in [-0.25, -0.2) is 5.43 Å². The van der Waals surface area contributed by atoms with E-state index in [1.54, 1.807) is 25.3 Å². The van der Waals surface area contributed by atoms with Crippen LogP contribution in [0.5, 0.6) is 11.5 Å². The Morgan fingerprint density at radius 3 is 2.68 bits per heavy atom. The molecule has 1 aromatic carbocycles. The third kappa shape index (κ3) is 5.82. The summed E-state index contributed by atoms with van der Waals surface area (Å²) >= 11 is 0. The maximum absolute atomic E-state index is 10.9. The van der Waals surface area contributed by atoms with Gasteiger partial charge in [-0.3, -0.25) is 9.59 Å². The molecule has 3 N–H and O–H groups in total. The summed E-state index contributed by atoms with van der Waals surface area (Å²) < 4.78 is 10.9. The van der Waals surface area contributed by atoms with Crippen LogP contribution >= 0.6 is 0 Å². The second-order valence-electron chi connectivity index (χ2n) is 5.00. The monoisotopic (exact) mass is 307 g/mol. The largest absolute Gasteiger partial charge is 0.493 e. The molecule has 0 heterocycles. The number of nitrogens with one attached hydrogen (secondary N) is 1. The van der Waals surface area contributed by atoms with Gasteiger partial charge >= 0.3 is 11.8 Å². The van der Waals surface area contributed by atoms with Crippen molar-refractivity contribution in [2.24, 2.45) is 16.8 Å². The van der Waals surface area contributed by atoms with E-state index in [-0.39, 0.29) is 0 Å². The van der Waals surface area contributed by atoms with Crippen LogP contribution < -0.4 is 20.6 Å². The van der Waals surface area contributed by atoms with E-state index >= 15 is 0 Å². The summed E-state index contributed by atoms with van der Waals surface area (Å²) in [5.41, 5.74) is 7.48. The number of benzene rings is 1. The van der Waals surface area contributed by atoms with Crippen molar-refractivity contribution in [3.05, 3.63) is 23.8 Å². The maximum atomic E-state index is 10.9. The zero-order valence-corrected chi connectivity index (χ0v) is 13.0. The lowest BCUT2D eigenvalue weighted by molar-refractivity contribution is -0.137. The van der Waals surface area contributed by atoms with Gasteiger partial charge in [0.1, 0.15) is 0 Å². The summed E-state index contributed by atoms with van der Waals surface area (Å²) in [5.74, 6) is -0.304. The summed E-state index contributed by atoms with van der Waals surface area (Å²) in [4.78, 5) is 21.5. The van der Waals surface area contributed by atoms with Gasteiger partial charge in [-0.1, -0.05) is 13.8 Å². The molecule has 0 saturated heterocycles. The summed E-state index contributed by atoms with van der Waals surface area (Å²) in [6.07, 6.45) is 2.33. The second-order valence-corrected chi connectivity index (χ2v) is 5.00. The molecule has 0 bridgehead atoms. The third-order valence-corrected chi connectivity index (χ3v) is 2.74. The molecule has 1 aromatic rings. The predicted octanol–water partition coefficient (Wildman–Crippen LogP) is 1.06. The van der Waals surface area contributed by atoms with Crippen LogP contribution in [0, 0.1) is 5.92 Å². The number of carbonyl (C=O) groups is 2. The van der Waals surface area contributed by atoms with Gasteiger partial charge < -0.3 is 15.2 Å². The summed E-state index contributed by atoms with van der Waals surface area (Å²) in [6, 6.07) is 5.23. The molecule has 2 amide bonds. The van der Waals surface area contributed by atoms with Crippen LogP contribution in [0.1, 0.15) is 25.8 Å². The first-order valence-corrected chi connectivity index (χ1v) is 6.87. The molecule has 0 spiro atoms. The summed E-state index contributed by atoms with van der Waals surface area (Å²) in [7, 11) is 1.54. The molecule has 0 aromatic heterocycles. The van der Waals surface area contributed by atoms with Crippen LogP contribution in [-0.2, 0) is 9.59 Å². The zero-order valence-electron chi connectivity index (χ0n) is 13.0. The number of primary amides is 1. The normalized spacial score (nSPS) is 10.7. The van der Waals surface area contributed by atoms with Crippen LogP contribution in [0.25, 0.3) is 0 Å². The van der Waals surface area contributed by atoms with Crippen molar-refractivity contribution < 1.29 is 19.1 Å². The molecule has 0 aliphatic rings. The lowest BCUT2D eigenvalue weighted by atomic mass is 10.1. The minimum absolute atomic E-state index is 0.561. The summed E-state index contributed by atoms with van der Waals surface area (Å²) in [5, 5.41) is 3.63. The molecular weight excluding hydrogens is 286 g/mol. The molecule has 0 aliphatic heterocycles. The molecule has 7 heteroatoms. The highest BCUT2D eigenvalue weighted by Crippen LogP contribution is 2.27. The average molecular weight is 307 g/mol. The standard InChI is InChI=1S/C15H21N3O4/c1-10(2)6-7-22-12-5-4-11(8-13(12)21-3)9-17-18-15(20)14(16)19/h4-5,8-10H,6-7H2,1-3H3,(H2,16,19)(H,18,20)/b17-9+. The Bertz CT molecular complexity index is 556. The van der Waals surface area contributed by atoms with Crippen molar-refractivity contribution in [1.82, 2.24) is 5.43 Å². The molecule has 0 aliphatic carbocycles. The number of nitrogens with two attached hydrogens (primary N) is 1. The number of hydrogen-bond donors (Lipinski definition) is 2. The first-order chi connectivity index (χ1) is 10.4. The van der Waals surface area contributed by atoms with Crippen LogP contribution in [0.4, 0.5) is 0 Å². The van der Waals surface area contributed by atoms with E-state index in [9.17, 15) is 9.59 Å². The SMILES string of the molecule is COc1cc(/C=N/NC(=O)C(N)=O)ccc1OCCC(C)C. The number of nitrogens with zero attached hydrogens (tertiary/aromatic N) is 1. The van der Waals surface area contributed by atoms with Gasteiger partial charge in [0.25, 0.3) is 0 Å². The van der Waals surface area contributed by atoms with E-state index in [2.05, 4.69) is 18.9 Å². The van der Waals surface area contributed by atoms with Crippen molar-refractivity contribution in [2.45, 2.75) is 20.3 Å². The van der Waals surface area contributed by atoms with Gasteiger partial charge in [0.05, 0.1) is 19.9 Å². The second kappa shape index (κ2) is 8.66. The number of hydrazone groups is 1. The van der Waals surface area contributed by atoms with Gasteiger partial charge in [0.2, 0.25) is 0 Å².